The Kier molecular flexibility index (Phi) is 4.60. The molecule has 2 heteroatoms. The van der Waals surface area contributed by atoms with Crippen LogP contribution in [-0.4, -0.2) is 17.6 Å². The van der Waals surface area contributed by atoms with Crippen LogP contribution in [0.2, 0.25) is 0 Å². The maximum Gasteiger partial charge on any atom is 0.0299 e. The van der Waals surface area contributed by atoms with E-state index in [-0.39, 0.29) is 0 Å². The number of rotatable bonds is 5. The molecule has 0 saturated heterocycles. The van der Waals surface area contributed by atoms with Gasteiger partial charge in [0.25, 0.3) is 0 Å². The predicted molar refractivity (Wildman–Crippen MR) is 60.2 cm³/mol. The lowest BCUT2D eigenvalue weighted by molar-refractivity contribution is 0.475. The van der Waals surface area contributed by atoms with E-state index in [1.807, 2.05) is 18.5 Å². The summed E-state index contributed by atoms with van der Waals surface area (Å²) in [6.07, 6.45) is 4.87. The van der Waals surface area contributed by atoms with Crippen LogP contribution < -0.4 is 5.32 Å². The molecule has 1 rings (SSSR count). The lowest BCUT2D eigenvalue weighted by Gasteiger charge is -2.14. The highest BCUT2D eigenvalue weighted by Gasteiger charge is 2.03. The van der Waals surface area contributed by atoms with Gasteiger partial charge in [0.15, 0.2) is 0 Å². The molecule has 0 radical (unpaired) electrons. The first-order chi connectivity index (χ1) is 6.68. The molecule has 1 atom stereocenters. The van der Waals surface area contributed by atoms with Gasteiger partial charge in [-0.05, 0) is 30.5 Å². The van der Waals surface area contributed by atoms with Crippen molar-refractivity contribution in [1.29, 1.82) is 0 Å². The van der Waals surface area contributed by atoms with Crippen LogP contribution in [-0.2, 0) is 6.42 Å². The fourth-order valence-corrected chi connectivity index (χ4v) is 1.43. The van der Waals surface area contributed by atoms with Crippen molar-refractivity contribution in [3.05, 3.63) is 30.1 Å². The summed E-state index contributed by atoms with van der Waals surface area (Å²) < 4.78 is 0. The maximum atomic E-state index is 4.11. The number of nitrogens with zero attached hydrogens (tertiary/aromatic N) is 1. The van der Waals surface area contributed by atoms with Gasteiger partial charge in [-0.2, -0.15) is 0 Å². The molecular formula is C12H20N2. The third-order valence-electron chi connectivity index (χ3n) is 2.18. The van der Waals surface area contributed by atoms with E-state index in [2.05, 4.69) is 37.1 Å². The first-order valence-electron chi connectivity index (χ1n) is 5.30. The largest absolute Gasteiger partial charge is 0.314 e. The fraction of sp³-hybridized carbons (Fsp3) is 0.583. The number of nitrogens with one attached hydrogen (secondary N) is 1. The topological polar surface area (TPSA) is 24.9 Å². The van der Waals surface area contributed by atoms with E-state index in [0.29, 0.717) is 12.0 Å². The quantitative estimate of drug-likeness (QED) is 0.774. The summed E-state index contributed by atoms with van der Waals surface area (Å²) in [4.78, 5) is 4.11. The van der Waals surface area contributed by atoms with Crippen molar-refractivity contribution in [1.82, 2.24) is 10.3 Å². The molecule has 0 aliphatic carbocycles. The second kappa shape index (κ2) is 5.76. The molecule has 0 bridgehead atoms. The normalized spacial score (nSPS) is 13.1. The zero-order valence-electron chi connectivity index (χ0n) is 9.33. The molecule has 14 heavy (non-hydrogen) atoms. The first kappa shape index (κ1) is 11.2. The summed E-state index contributed by atoms with van der Waals surface area (Å²) in [7, 11) is 0. The van der Waals surface area contributed by atoms with Crippen molar-refractivity contribution < 1.29 is 0 Å². The van der Waals surface area contributed by atoms with E-state index in [1.165, 1.54) is 5.56 Å². The predicted octanol–water partition coefficient (Wildman–Crippen LogP) is 2.26. The number of hydrogen-bond acceptors (Lipinski definition) is 2. The van der Waals surface area contributed by atoms with Crippen LogP contribution in [0.1, 0.15) is 26.3 Å². The molecule has 2 nitrogen and oxygen atoms in total. The Hall–Kier alpha value is -0.890. The number of aromatic nitrogens is 1. The third-order valence-corrected chi connectivity index (χ3v) is 2.18. The van der Waals surface area contributed by atoms with Crippen molar-refractivity contribution in [3.63, 3.8) is 0 Å². The van der Waals surface area contributed by atoms with Gasteiger partial charge in [0.1, 0.15) is 0 Å². The molecule has 1 N–H and O–H groups in total. The van der Waals surface area contributed by atoms with E-state index in [1.54, 1.807) is 0 Å². The minimum atomic E-state index is 0.575. The van der Waals surface area contributed by atoms with Crippen LogP contribution in [0, 0.1) is 5.92 Å². The van der Waals surface area contributed by atoms with Crippen molar-refractivity contribution in [2.75, 3.05) is 6.54 Å². The molecule has 1 heterocycles. The second-order valence-corrected chi connectivity index (χ2v) is 4.23. The van der Waals surface area contributed by atoms with Gasteiger partial charge in [-0.25, -0.2) is 0 Å². The maximum absolute atomic E-state index is 4.11. The second-order valence-electron chi connectivity index (χ2n) is 4.23. The van der Waals surface area contributed by atoms with E-state index in [4.69, 9.17) is 0 Å². The lowest BCUT2D eigenvalue weighted by Crippen LogP contribution is -2.28. The Balaban J connectivity index is 2.30. The summed E-state index contributed by atoms with van der Waals surface area (Å²) in [5.74, 6) is 0.668. The lowest BCUT2D eigenvalue weighted by atomic mass is 10.0. The zero-order chi connectivity index (χ0) is 10.4. The Bertz CT molecular complexity index is 244. The van der Waals surface area contributed by atoms with Gasteiger partial charge >= 0.3 is 0 Å². The summed E-state index contributed by atoms with van der Waals surface area (Å²) in [6.45, 7) is 7.70. The molecule has 0 fully saturated rings. The third kappa shape index (κ3) is 4.38. The highest BCUT2D eigenvalue weighted by molar-refractivity contribution is 5.09. The highest BCUT2D eigenvalue weighted by Crippen LogP contribution is 2.05. The first-order valence-corrected chi connectivity index (χ1v) is 5.30. The Morgan fingerprint density at radius 2 is 2.14 bits per heavy atom. The molecular weight excluding hydrogens is 172 g/mol. The molecule has 0 spiro atoms. The van der Waals surface area contributed by atoms with Gasteiger partial charge in [0, 0.05) is 18.4 Å². The standard InChI is InChI=1S/C12H20N2/c1-10(2)14-8-11(3)7-12-5-4-6-13-9-12/h4-6,9-11,14H,7-8H2,1-3H3. The Morgan fingerprint density at radius 1 is 1.36 bits per heavy atom. The van der Waals surface area contributed by atoms with E-state index < -0.39 is 0 Å². The van der Waals surface area contributed by atoms with Crippen LogP contribution in [0.15, 0.2) is 24.5 Å². The SMILES string of the molecule is CC(CNC(C)C)Cc1cccnc1. The average Bonchev–Trinajstić information content (AvgIpc) is 2.16. The van der Waals surface area contributed by atoms with Crippen molar-refractivity contribution in [3.8, 4) is 0 Å². The van der Waals surface area contributed by atoms with Crippen molar-refractivity contribution in [2.24, 2.45) is 5.92 Å². The molecule has 1 aromatic heterocycles. The molecule has 0 aromatic carbocycles. The Morgan fingerprint density at radius 3 is 2.71 bits per heavy atom. The minimum absolute atomic E-state index is 0.575. The molecule has 78 valence electrons. The summed E-state index contributed by atoms with van der Waals surface area (Å²) >= 11 is 0. The molecule has 0 aliphatic rings. The van der Waals surface area contributed by atoms with Crippen LogP contribution in [0.3, 0.4) is 0 Å². The van der Waals surface area contributed by atoms with Gasteiger partial charge in [0.2, 0.25) is 0 Å². The average molecular weight is 192 g/mol. The summed E-state index contributed by atoms with van der Waals surface area (Å²) in [6, 6.07) is 4.71. The molecule has 0 aliphatic heterocycles. The zero-order valence-corrected chi connectivity index (χ0v) is 9.33. The molecule has 1 aromatic rings. The fourth-order valence-electron chi connectivity index (χ4n) is 1.43. The van der Waals surface area contributed by atoms with Gasteiger partial charge in [-0.15, -0.1) is 0 Å². The minimum Gasteiger partial charge on any atom is -0.314 e. The molecule has 1 unspecified atom stereocenters. The number of pyridine rings is 1. The van der Waals surface area contributed by atoms with Crippen LogP contribution in [0.5, 0.6) is 0 Å². The van der Waals surface area contributed by atoms with Gasteiger partial charge in [0.05, 0.1) is 0 Å². The van der Waals surface area contributed by atoms with E-state index in [9.17, 15) is 0 Å². The van der Waals surface area contributed by atoms with E-state index in [0.717, 1.165) is 13.0 Å². The summed E-state index contributed by atoms with van der Waals surface area (Å²) in [5.41, 5.74) is 1.32. The van der Waals surface area contributed by atoms with Gasteiger partial charge in [-0.1, -0.05) is 26.8 Å². The number of hydrogen-bond donors (Lipinski definition) is 1. The van der Waals surface area contributed by atoms with Crippen LogP contribution >= 0.6 is 0 Å². The van der Waals surface area contributed by atoms with Gasteiger partial charge in [-0.3, -0.25) is 4.98 Å². The molecule has 0 amide bonds. The molecule has 0 saturated carbocycles. The smallest absolute Gasteiger partial charge is 0.0299 e. The van der Waals surface area contributed by atoms with Crippen LogP contribution in [0.25, 0.3) is 0 Å². The van der Waals surface area contributed by atoms with Gasteiger partial charge < -0.3 is 5.32 Å². The van der Waals surface area contributed by atoms with Crippen molar-refractivity contribution in [2.45, 2.75) is 33.2 Å². The van der Waals surface area contributed by atoms with Crippen molar-refractivity contribution >= 4 is 0 Å². The Labute approximate surface area is 86.8 Å². The van der Waals surface area contributed by atoms with Crippen LogP contribution in [0.4, 0.5) is 0 Å². The monoisotopic (exact) mass is 192 g/mol. The summed E-state index contributed by atoms with van der Waals surface area (Å²) in [5, 5.41) is 3.45. The highest BCUT2D eigenvalue weighted by atomic mass is 14.9. The van der Waals surface area contributed by atoms with E-state index >= 15 is 0 Å².